The van der Waals surface area contributed by atoms with Crippen molar-refractivity contribution in [2.75, 3.05) is 6.61 Å². The lowest BCUT2D eigenvalue weighted by Gasteiger charge is -2.09. The second-order valence-electron chi connectivity index (χ2n) is 3.35. The minimum absolute atomic E-state index is 0.0423. The first-order valence-corrected chi connectivity index (χ1v) is 5.19. The van der Waals surface area contributed by atoms with Crippen LogP contribution in [0.2, 0.25) is 0 Å². The van der Waals surface area contributed by atoms with E-state index in [4.69, 9.17) is 0 Å². The molecule has 7 heteroatoms. The molecule has 0 fully saturated rings. The van der Waals surface area contributed by atoms with E-state index in [9.17, 15) is 18.0 Å². The minimum atomic E-state index is -4.42. The predicted molar refractivity (Wildman–Crippen MR) is 53.1 cm³/mol. The standard InChI is InChI=1S/C10H13F3N2O2/c1-2-17-9(16)4-3-7-15-8(5-6-14-15)10(11,12)13/h5-6H,2-4,7H2,1H3. The molecule has 4 nitrogen and oxygen atoms in total. The van der Waals surface area contributed by atoms with Gasteiger partial charge in [-0.2, -0.15) is 18.3 Å². The van der Waals surface area contributed by atoms with Crippen LogP contribution in [-0.2, 0) is 22.3 Å². The van der Waals surface area contributed by atoms with E-state index in [1.165, 1.54) is 0 Å². The SMILES string of the molecule is CCOC(=O)CCCn1nccc1C(F)(F)F. The molecule has 0 atom stereocenters. The lowest BCUT2D eigenvalue weighted by Crippen LogP contribution is -2.15. The molecule has 0 aliphatic heterocycles. The molecule has 1 heterocycles. The van der Waals surface area contributed by atoms with E-state index in [-0.39, 0.29) is 26.0 Å². The molecule has 17 heavy (non-hydrogen) atoms. The Kier molecular flexibility index (Phi) is 4.53. The number of halogens is 3. The first-order chi connectivity index (χ1) is 7.95. The molecule has 0 amide bonds. The van der Waals surface area contributed by atoms with Crippen molar-refractivity contribution in [2.45, 2.75) is 32.5 Å². The summed E-state index contributed by atoms with van der Waals surface area (Å²) in [4.78, 5) is 11.0. The van der Waals surface area contributed by atoms with Gasteiger partial charge in [0.2, 0.25) is 0 Å². The van der Waals surface area contributed by atoms with E-state index >= 15 is 0 Å². The summed E-state index contributed by atoms with van der Waals surface area (Å²) in [6, 6.07) is 0.907. The topological polar surface area (TPSA) is 44.1 Å². The number of aromatic nitrogens is 2. The van der Waals surface area contributed by atoms with Crippen LogP contribution in [0.4, 0.5) is 13.2 Å². The van der Waals surface area contributed by atoms with Gasteiger partial charge in [0.05, 0.1) is 6.61 Å². The molecule has 0 aliphatic rings. The number of hydrogen-bond donors (Lipinski definition) is 0. The molecular weight excluding hydrogens is 237 g/mol. The minimum Gasteiger partial charge on any atom is -0.466 e. The van der Waals surface area contributed by atoms with Crippen molar-refractivity contribution in [3.05, 3.63) is 18.0 Å². The first-order valence-electron chi connectivity index (χ1n) is 5.19. The van der Waals surface area contributed by atoms with Crippen LogP contribution in [0.25, 0.3) is 0 Å². The molecule has 1 aromatic rings. The van der Waals surface area contributed by atoms with Crippen LogP contribution in [0.3, 0.4) is 0 Å². The number of carbonyl (C=O) groups excluding carboxylic acids is 1. The van der Waals surface area contributed by atoms with Crippen molar-refractivity contribution in [2.24, 2.45) is 0 Å². The largest absolute Gasteiger partial charge is 0.466 e. The fourth-order valence-corrected chi connectivity index (χ4v) is 1.36. The summed E-state index contributed by atoms with van der Waals surface area (Å²) < 4.78 is 42.8. The molecule has 0 bridgehead atoms. The molecule has 0 radical (unpaired) electrons. The zero-order valence-corrected chi connectivity index (χ0v) is 9.33. The van der Waals surface area contributed by atoms with E-state index < -0.39 is 17.8 Å². The number of esters is 1. The molecule has 0 N–H and O–H groups in total. The van der Waals surface area contributed by atoms with Gasteiger partial charge in [0, 0.05) is 19.2 Å². The van der Waals surface area contributed by atoms with Crippen LogP contribution in [0.1, 0.15) is 25.5 Å². The second kappa shape index (κ2) is 5.70. The maximum Gasteiger partial charge on any atom is 0.433 e. The monoisotopic (exact) mass is 250 g/mol. The number of carbonyl (C=O) groups is 1. The molecule has 1 aromatic heterocycles. The van der Waals surface area contributed by atoms with Gasteiger partial charge in [-0.25, -0.2) is 0 Å². The van der Waals surface area contributed by atoms with Gasteiger partial charge >= 0.3 is 12.1 Å². The Hall–Kier alpha value is -1.53. The Morgan fingerprint density at radius 1 is 1.53 bits per heavy atom. The zero-order valence-electron chi connectivity index (χ0n) is 9.33. The molecule has 0 aliphatic carbocycles. The van der Waals surface area contributed by atoms with Gasteiger partial charge in [-0.3, -0.25) is 9.48 Å². The molecule has 0 spiro atoms. The predicted octanol–water partition coefficient (Wildman–Crippen LogP) is 2.25. The third kappa shape index (κ3) is 4.08. The summed E-state index contributed by atoms with van der Waals surface area (Å²) in [6.07, 6.45) is -2.97. The van der Waals surface area contributed by atoms with Gasteiger partial charge in [-0.15, -0.1) is 0 Å². The summed E-state index contributed by atoms with van der Waals surface area (Å²) in [5.74, 6) is -0.409. The van der Waals surface area contributed by atoms with Crippen molar-refractivity contribution in [1.82, 2.24) is 9.78 Å². The van der Waals surface area contributed by atoms with Crippen LogP contribution in [0, 0.1) is 0 Å². The second-order valence-corrected chi connectivity index (χ2v) is 3.35. The van der Waals surface area contributed by atoms with Gasteiger partial charge < -0.3 is 4.74 Å². The average molecular weight is 250 g/mol. The van der Waals surface area contributed by atoms with E-state index in [2.05, 4.69) is 9.84 Å². The highest BCUT2D eigenvalue weighted by molar-refractivity contribution is 5.69. The lowest BCUT2D eigenvalue weighted by molar-refractivity contribution is -0.144. The van der Waals surface area contributed by atoms with Gasteiger partial charge in [0.15, 0.2) is 0 Å². The molecule has 0 aromatic carbocycles. The number of nitrogens with zero attached hydrogens (tertiary/aromatic N) is 2. The van der Waals surface area contributed by atoms with Crippen LogP contribution in [-0.4, -0.2) is 22.4 Å². The van der Waals surface area contributed by atoms with Crippen LogP contribution >= 0.6 is 0 Å². The van der Waals surface area contributed by atoms with Crippen LogP contribution in [0.15, 0.2) is 12.3 Å². The van der Waals surface area contributed by atoms with Crippen molar-refractivity contribution < 1.29 is 22.7 Å². The summed E-state index contributed by atoms with van der Waals surface area (Å²) in [5, 5.41) is 3.57. The smallest absolute Gasteiger partial charge is 0.433 e. The summed E-state index contributed by atoms with van der Waals surface area (Å²) in [7, 11) is 0. The first kappa shape index (κ1) is 13.5. The number of rotatable bonds is 5. The van der Waals surface area contributed by atoms with Gasteiger partial charge in [0.1, 0.15) is 5.69 Å². The maximum atomic E-state index is 12.4. The quantitative estimate of drug-likeness (QED) is 0.753. The van der Waals surface area contributed by atoms with E-state index in [1.807, 2.05) is 0 Å². The van der Waals surface area contributed by atoms with Crippen molar-refractivity contribution in [3.63, 3.8) is 0 Å². The van der Waals surface area contributed by atoms with E-state index in [0.717, 1.165) is 16.9 Å². The highest BCUT2D eigenvalue weighted by Crippen LogP contribution is 2.28. The molecular formula is C10H13F3N2O2. The normalized spacial score (nSPS) is 11.5. The number of aryl methyl sites for hydroxylation is 1. The zero-order chi connectivity index (χ0) is 12.9. The fraction of sp³-hybridized carbons (Fsp3) is 0.600. The maximum absolute atomic E-state index is 12.4. The lowest BCUT2D eigenvalue weighted by atomic mass is 10.3. The van der Waals surface area contributed by atoms with Crippen LogP contribution in [0.5, 0.6) is 0 Å². The Morgan fingerprint density at radius 2 is 2.24 bits per heavy atom. The third-order valence-corrected chi connectivity index (χ3v) is 2.06. The van der Waals surface area contributed by atoms with Gasteiger partial charge in [0.25, 0.3) is 0 Å². The average Bonchev–Trinajstić information content (AvgIpc) is 2.65. The van der Waals surface area contributed by atoms with E-state index in [0.29, 0.717) is 0 Å². The van der Waals surface area contributed by atoms with Crippen molar-refractivity contribution in [3.8, 4) is 0 Å². The van der Waals surface area contributed by atoms with Gasteiger partial charge in [-0.1, -0.05) is 0 Å². The number of alkyl halides is 3. The Morgan fingerprint density at radius 3 is 2.82 bits per heavy atom. The summed E-state index contributed by atoms with van der Waals surface area (Å²) in [5.41, 5.74) is -0.804. The summed E-state index contributed by atoms with van der Waals surface area (Å²) >= 11 is 0. The number of ether oxygens (including phenoxy) is 1. The number of hydrogen-bond acceptors (Lipinski definition) is 3. The fourth-order valence-electron chi connectivity index (χ4n) is 1.36. The molecule has 96 valence electrons. The highest BCUT2D eigenvalue weighted by Gasteiger charge is 2.34. The van der Waals surface area contributed by atoms with Crippen LogP contribution < -0.4 is 0 Å². The van der Waals surface area contributed by atoms with Gasteiger partial charge in [-0.05, 0) is 19.4 Å². The molecule has 0 saturated heterocycles. The molecule has 0 saturated carbocycles. The Labute approximate surface area is 96.4 Å². The van der Waals surface area contributed by atoms with Crippen molar-refractivity contribution >= 4 is 5.97 Å². The third-order valence-electron chi connectivity index (χ3n) is 2.06. The Balaban J connectivity index is 2.48. The Bertz CT molecular complexity index is 374. The summed E-state index contributed by atoms with van der Waals surface area (Å²) in [6.45, 7) is 1.99. The highest BCUT2D eigenvalue weighted by atomic mass is 19.4. The van der Waals surface area contributed by atoms with E-state index in [1.54, 1.807) is 6.92 Å². The molecule has 1 rings (SSSR count). The van der Waals surface area contributed by atoms with Crippen molar-refractivity contribution in [1.29, 1.82) is 0 Å². The molecule has 0 unspecified atom stereocenters.